The number of rotatable bonds is 0. The van der Waals surface area contributed by atoms with Crippen molar-refractivity contribution < 1.29 is 16.0 Å². The third-order valence-corrected chi connectivity index (χ3v) is 0.556. The van der Waals surface area contributed by atoms with Crippen molar-refractivity contribution in [3.8, 4) is 0 Å². The molecule has 0 unspecified atom stereocenters. The molecule has 56 valence electrons. The van der Waals surface area contributed by atoms with Crippen LogP contribution < -0.4 is 0 Å². The Kier molecular flexibility index (Phi) is 22.9. The van der Waals surface area contributed by atoms with Crippen LogP contribution in [-0.4, -0.2) is 0 Å². The van der Waals surface area contributed by atoms with Gasteiger partial charge in [0.15, 0.2) is 0 Å². The van der Waals surface area contributed by atoms with Gasteiger partial charge in [-0.1, -0.05) is 0 Å². The molecule has 0 N–H and O–H groups in total. The zero-order chi connectivity index (χ0) is 8.24. The van der Waals surface area contributed by atoms with Gasteiger partial charge in [-0.25, -0.2) is 12.1 Å². The van der Waals surface area contributed by atoms with E-state index in [1.54, 1.807) is 0 Å². The van der Waals surface area contributed by atoms with Crippen LogP contribution in [0.1, 0.15) is 0 Å². The molecule has 0 amide bonds. The minimum atomic E-state index is 0.410. The minimum Gasteiger partial charge on any atom is -0.214 e. The van der Waals surface area contributed by atoms with Crippen LogP contribution in [0.5, 0.6) is 0 Å². The van der Waals surface area contributed by atoms with E-state index in [-0.39, 0.29) is 0 Å². The summed E-state index contributed by atoms with van der Waals surface area (Å²) in [6.45, 7) is 0. The average Bonchev–Trinajstić information content (AvgIpc) is 2.48. The van der Waals surface area contributed by atoms with Gasteiger partial charge in [0.2, 0.25) is 0 Å². The molecule has 0 atom stereocenters. The Balaban J connectivity index is 0. The maximum absolute atomic E-state index is 7.25. The van der Waals surface area contributed by atoms with Crippen LogP contribution in [0.4, 0.5) is 0 Å². The predicted molar refractivity (Wildman–Crippen MR) is 52.5 cm³/mol. The summed E-state index contributed by atoms with van der Waals surface area (Å²) < 4.78 is 7.25. The van der Waals surface area contributed by atoms with Crippen LogP contribution in [0.25, 0.3) is 0 Å². The summed E-state index contributed by atoms with van der Waals surface area (Å²) in [5.41, 5.74) is 5.75. The largest absolute Gasteiger partial charge is 0.214 e. The molecule has 0 aliphatic heterocycles. The molecule has 0 saturated heterocycles. The Morgan fingerprint density at radius 1 is 1.20 bits per heavy atom. The zero-order valence-corrected chi connectivity index (χ0v) is 11.2. The summed E-state index contributed by atoms with van der Waals surface area (Å²) in [6.07, 6.45) is 0. The van der Waals surface area contributed by atoms with Crippen LogP contribution in [0.3, 0.4) is 0 Å². The predicted octanol–water partition coefficient (Wildman–Crippen LogP) is 3.07. The van der Waals surface area contributed by atoms with Gasteiger partial charge in [-0.2, -0.15) is 18.2 Å². The maximum Gasteiger partial charge on any atom is -0.172 e. The zero-order valence-electron chi connectivity index (χ0n) is 4.91. The average molecular weight is 445 g/mol. The monoisotopic (exact) mass is 447 g/mol. The van der Waals surface area contributed by atoms with Gasteiger partial charge >= 0.3 is 60.1 Å². The molecule has 0 aliphatic carbocycles. The second-order valence-corrected chi connectivity index (χ2v) is 16.5. The van der Waals surface area contributed by atoms with Crippen molar-refractivity contribution in [2.24, 2.45) is 0 Å². The second-order valence-electron chi connectivity index (χ2n) is 1.02. The van der Waals surface area contributed by atoms with Gasteiger partial charge in [0.05, 0.1) is 0 Å². The summed E-state index contributed by atoms with van der Waals surface area (Å²) in [6, 6.07) is 10.0. The minimum absolute atomic E-state index is 0.410. The fraction of sp³-hybridized carbons (Fsp3) is 0. The molecule has 0 radical (unpaired) electrons. The number of halogens is 2. The standard InChI is InChI=1S/C5H5.2HI.Mo.NO/c1-2-4-5-3-1;;;;1-2/h1-5H;2*1H;;/q-1;;;+2;+1/p-2. The molecular formula is C5H5I2MoNO. The summed E-state index contributed by atoms with van der Waals surface area (Å²) in [4.78, 5) is 0. The normalized spacial score (nSPS) is 6.00. The summed E-state index contributed by atoms with van der Waals surface area (Å²) in [5.74, 6) is 0. The Morgan fingerprint density at radius 3 is 1.60 bits per heavy atom. The second kappa shape index (κ2) is 16.6. The Hall–Kier alpha value is 1.17. The molecule has 0 saturated carbocycles. The van der Waals surface area contributed by atoms with Crippen molar-refractivity contribution in [2.45, 2.75) is 0 Å². The number of hydrogen-bond acceptors (Lipinski definition) is 1. The van der Waals surface area contributed by atoms with E-state index in [0.29, 0.717) is 11.2 Å². The van der Waals surface area contributed by atoms with E-state index >= 15 is 0 Å². The van der Waals surface area contributed by atoms with E-state index in [0.717, 1.165) is 0 Å². The molecule has 0 spiro atoms. The van der Waals surface area contributed by atoms with Crippen molar-refractivity contribution in [1.82, 2.24) is 0 Å². The Morgan fingerprint density at radius 2 is 1.50 bits per heavy atom. The topological polar surface area (TPSA) is 43.7 Å². The van der Waals surface area contributed by atoms with Crippen molar-refractivity contribution in [3.05, 3.63) is 30.3 Å². The molecule has 0 heterocycles. The van der Waals surface area contributed by atoms with Gasteiger partial charge < -0.3 is 0 Å². The molecule has 5 heteroatoms. The quantitative estimate of drug-likeness (QED) is 0.262. The first-order valence-electron chi connectivity index (χ1n) is 2.16. The van der Waals surface area contributed by atoms with Crippen LogP contribution >= 0.6 is 38.7 Å². The van der Waals surface area contributed by atoms with E-state index in [1.807, 2.05) is 30.3 Å². The van der Waals surface area contributed by atoms with E-state index in [4.69, 9.17) is 10.2 Å². The van der Waals surface area contributed by atoms with Gasteiger partial charge in [-0.15, -0.1) is 0 Å². The van der Waals surface area contributed by atoms with Gasteiger partial charge in [0.25, 0.3) is 0 Å². The van der Waals surface area contributed by atoms with E-state index in [2.05, 4.69) is 38.7 Å². The molecule has 0 bridgehead atoms. The molecule has 1 aromatic carbocycles. The number of hydrogen-bond donors (Lipinski definition) is 0. The van der Waals surface area contributed by atoms with Crippen molar-refractivity contribution in [1.29, 1.82) is 5.46 Å². The molecule has 10 heavy (non-hydrogen) atoms. The summed E-state index contributed by atoms with van der Waals surface area (Å²) in [7, 11) is 0. The SMILES string of the molecule is N#[O+].[I][Mo][I].c1cc[cH-]c1. The molecular weight excluding hydrogens is 440 g/mol. The van der Waals surface area contributed by atoms with Gasteiger partial charge in [-0.05, 0) is 0 Å². The first-order chi connectivity index (χ1) is 4.91. The smallest absolute Gasteiger partial charge is 0.172 e. The van der Waals surface area contributed by atoms with Crippen molar-refractivity contribution in [3.63, 3.8) is 0 Å². The molecule has 2 nitrogen and oxygen atoms in total. The van der Waals surface area contributed by atoms with E-state index in [9.17, 15) is 0 Å². The molecule has 1 aromatic rings. The molecule has 1 rings (SSSR count). The fourth-order valence-electron chi connectivity index (χ4n) is 0.321. The van der Waals surface area contributed by atoms with Gasteiger partial charge in [0, 0.05) is 0 Å². The van der Waals surface area contributed by atoms with Crippen LogP contribution in [0.2, 0.25) is 0 Å². The third-order valence-electron chi connectivity index (χ3n) is 0.556. The van der Waals surface area contributed by atoms with Gasteiger partial charge in [0.1, 0.15) is 0 Å². The molecule has 0 fully saturated rings. The Bertz CT molecular complexity index is 114. The van der Waals surface area contributed by atoms with Crippen molar-refractivity contribution in [2.75, 3.05) is 0 Å². The van der Waals surface area contributed by atoms with Crippen LogP contribution in [0, 0.1) is 5.46 Å². The van der Waals surface area contributed by atoms with E-state index in [1.165, 1.54) is 0 Å². The van der Waals surface area contributed by atoms with Crippen molar-refractivity contribution >= 4 is 38.7 Å². The van der Waals surface area contributed by atoms with E-state index < -0.39 is 0 Å². The number of nitrogens with zero attached hydrogens (tertiary/aromatic N) is 1. The first kappa shape index (κ1) is 13.7. The Labute approximate surface area is 89.2 Å². The van der Waals surface area contributed by atoms with Gasteiger partial charge in [-0.3, -0.25) is 0 Å². The summed E-state index contributed by atoms with van der Waals surface area (Å²) in [5, 5.41) is 0. The fourth-order valence-corrected chi connectivity index (χ4v) is 0.321. The van der Waals surface area contributed by atoms with Crippen LogP contribution in [-0.2, 0) is 16.0 Å². The third kappa shape index (κ3) is 16.1. The summed E-state index contributed by atoms with van der Waals surface area (Å²) >= 11 is 5.22. The first-order valence-corrected chi connectivity index (χ1v) is 14.1. The molecule has 0 aliphatic rings. The van der Waals surface area contributed by atoms with Crippen LogP contribution in [0.15, 0.2) is 30.3 Å². The molecule has 0 aromatic heterocycles. The maximum atomic E-state index is 7.25.